The third-order valence-electron chi connectivity index (χ3n) is 3.62. The topological polar surface area (TPSA) is 128 Å². The summed E-state index contributed by atoms with van der Waals surface area (Å²) in [6.07, 6.45) is 0.0386. The molecule has 0 aliphatic rings. The van der Waals surface area contributed by atoms with Crippen LogP contribution in [0.1, 0.15) is 22.0 Å². The number of hydrogen-bond acceptors (Lipinski definition) is 5. The van der Waals surface area contributed by atoms with Gasteiger partial charge in [0, 0.05) is 6.42 Å². The lowest BCUT2D eigenvalue weighted by Gasteiger charge is -2.08. The van der Waals surface area contributed by atoms with E-state index in [9.17, 15) is 22.0 Å². The summed E-state index contributed by atoms with van der Waals surface area (Å²) in [5, 5.41) is 17.8. The maximum atomic E-state index is 14.4. The molecule has 27 heavy (non-hydrogen) atoms. The van der Waals surface area contributed by atoms with E-state index in [2.05, 4.69) is 10.1 Å². The van der Waals surface area contributed by atoms with Crippen molar-refractivity contribution >= 4 is 16.0 Å². The largest absolute Gasteiger partial charge is 0.475 e. The molecule has 0 saturated heterocycles. The van der Waals surface area contributed by atoms with Crippen LogP contribution in [0.15, 0.2) is 47.4 Å². The van der Waals surface area contributed by atoms with Crippen molar-refractivity contribution in [2.75, 3.05) is 0 Å². The number of benzene rings is 2. The summed E-state index contributed by atoms with van der Waals surface area (Å²) in [7, 11) is -4.11. The number of sulfonamides is 1. The highest BCUT2D eigenvalue weighted by Gasteiger charge is 2.20. The van der Waals surface area contributed by atoms with Crippen molar-refractivity contribution in [3.05, 3.63) is 71.3 Å². The first-order valence-electron chi connectivity index (χ1n) is 7.41. The fourth-order valence-electron chi connectivity index (χ4n) is 2.36. The molecule has 0 bridgehead atoms. The lowest BCUT2D eigenvalue weighted by molar-refractivity contribution is 0.0683. The average Bonchev–Trinajstić information content (AvgIpc) is 3.00. The van der Waals surface area contributed by atoms with Crippen LogP contribution < -0.4 is 5.14 Å². The van der Waals surface area contributed by atoms with Gasteiger partial charge in [0.2, 0.25) is 10.0 Å². The molecular weight excluding hydrogens is 382 g/mol. The number of primary sulfonamides is 1. The number of aromatic carboxylic acids is 1. The second-order valence-corrected chi connectivity index (χ2v) is 7.09. The molecule has 8 nitrogen and oxygen atoms in total. The number of carbonyl (C=O) groups is 1. The molecule has 1 heterocycles. The first-order valence-corrected chi connectivity index (χ1v) is 8.96. The zero-order chi connectivity index (χ0) is 19.8. The fourth-order valence-corrected chi connectivity index (χ4v) is 2.89. The number of nitrogens with zero attached hydrogens (tertiary/aromatic N) is 3. The van der Waals surface area contributed by atoms with Gasteiger partial charge >= 0.3 is 5.97 Å². The third kappa shape index (κ3) is 3.99. The molecule has 0 atom stereocenters. The van der Waals surface area contributed by atoms with Gasteiger partial charge in [-0.1, -0.05) is 12.1 Å². The summed E-state index contributed by atoms with van der Waals surface area (Å²) in [4.78, 5) is 14.6. The summed E-state index contributed by atoms with van der Waals surface area (Å²) in [6.45, 7) is 0. The number of hydrogen-bond donors (Lipinski definition) is 2. The second-order valence-electron chi connectivity index (χ2n) is 5.53. The van der Waals surface area contributed by atoms with Gasteiger partial charge in [-0.25, -0.2) is 36.8 Å². The maximum Gasteiger partial charge on any atom is 0.375 e. The van der Waals surface area contributed by atoms with Gasteiger partial charge in [-0.2, -0.15) is 0 Å². The van der Waals surface area contributed by atoms with Gasteiger partial charge in [0.15, 0.2) is 0 Å². The molecule has 0 spiro atoms. The zero-order valence-electron chi connectivity index (χ0n) is 13.5. The van der Waals surface area contributed by atoms with Crippen molar-refractivity contribution in [3.8, 4) is 5.69 Å². The number of carboxylic acids is 1. The Morgan fingerprint density at radius 2 is 1.81 bits per heavy atom. The molecule has 0 amide bonds. The summed E-state index contributed by atoms with van der Waals surface area (Å²) in [5.74, 6) is -3.35. The third-order valence-corrected chi connectivity index (χ3v) is 4.53. The maximum absolute atomic E-state index is 14.4. The van der Waals surface area contributed by atoms with E-state index in [0.717, 1.165) is 16.8 Å². The number of carboxylic acid groups (broad SMARTS) is 1. The van der Waals surface area contributed by atoms with Crippen LogP contribution in [0.4, 0.5) is 8.78 Å². The van der Waals surface area contributed by atoms with Crippen LogP contribution in [-0.2, 0) is 16.4 Å². The minimum atomic E-state index is -4.11. The molecule has 0 unspecified atom stereocenters. The molecule has 0 saturated carbocycles. The zero-order valence-corrected chi connectivity index (χ0v) is 14.3. The van der Waals surface area contributed by atoms with Crippen LogP contribution in [0.2, 0.25) is 0 Å². The second kappa shape index (κ2) is 6.85. The van der Waals surface area contributed by atoms with Gasteiger partial charge in [0.1, 0.15) is 23.1 Å². The van der Waals surface area contributed by atoms with Crippen molar-refractivity contribution in [2.24, 2.45) is 5.14 Å². The van der Waals surface area contributed by atoms with E-state index in [0.29, 0.717) is 11.6 Å². The Labute approximate surface area is 151 Å². The van der Waals surface area contributed by atoms with Crippen LogP contribution >= 0.6 is 0 Å². The summed E-state index contributed by atoms with van der Waals surface area (Å²) >= 11 is 0. The molecule has 0 fully saturated rings. The highest BCUT2D eigenvalue weighted by atomic mass is 32.2. The van der Waals surface area contributed by atoms with Crippen molar-refractivity contribution < 1.29 is 27.1 Å². The van der Waals surface area contributed by atoms with E-state index in [-0.39, 0.29) is 17.9 Å². The van der Waals surface area contributed by atoms with E-state index in [1.54, 1.807) is 0 Å². The first kappa shape index (κ1) is 18.6. The molecule has 140 valence electrons. The first-order chi connectivity index (χ1) is 12.6. The molecular formula is C16H12F2N4O4S. The van der Waals surface area contributed by atoms with E-state index in [1.165, 1.54) is 24.3 Å². The SMILES string of the molecule is NS(=O)(=O)c1ccc(-n2nc(C(=O)O)nc2Cc2ccc(F)cc2)c(F)c1. The quantitative estimate of drug-likeness (QED) is 0.675. The fraction of sp³-hybridized carbons (Fsp3) is 0.0625. The van der Waals surface area contributed by atoms with E-state index >= 15 is 0 Å². The van der Waals surface area contributed by atoms with Gasteiger partial charge < -0.3 is 5.11 Å². The lowest BCUT2D eigenvalue weighted by Crippen LogP contribution is -2.13. The van der Waals surface area contributed by atoms with Crippen LogP contribution in [0.25, 0.3) is 5.69 Å². The van der Waals surface area contributed by atoms with E-state index < -0.39 is 38.3 Å². The Balaban J connectivity index is 2.09. The van der Waals surface area contributed by atoms with Gasteiger partial charge in [0.05, 0.1) is 4.90 Å². The molecule has 1 aromatic heterocycles. The predicted molar refractivity (Wildman–Crippen MR) is 88.9 cm³/mol. The van der Waals surface area contributed by atoms with Gasteiger partial charge in [0.25, 0.3) is 5.82 Å². The van der Waals surface area contributed by atoms with E-state index in [1.807, 2.05) is 0 Å². The normalized spacial score (nSPS) is 11.5. The van der Waals surface area contributed by atoms with Crippen molar-refractivity contribution in [3.63, 3.8) is 0 Å². The molecule has 3 N–H and O–H groups in total. The number of aromatic nitrogens is 3. The summed E-state index contributed by atoms with van der Waals surface area (Å²) in [6, 6.07) is 8.24. The van der Waals surface area contributed by atoms with Crippen LogP contribution in [0.3, 0.4) is 0 Å². The Kier molecular flexibility index (Phi) is 4.72. The molecule has 0 radical (unpaired) electrons. The highest BCUT2D eigenvalue weighted by molar-refractivity contribution is 7.89. The average molecular weight is 394 g/mol. The highest BCUT2D eigenvalue weighted by Crippen LogP contribution is 2.20. The Bertz CT molecular complexity index is 1130. The van der Waals surface area contributed by atoms with Crippen molar-refractivity contribution in [2.45, 2.75) is 11.3 Å². The Morgan fingerprint density at radius 3 is 2.37 bits per heavy atom. The molecule has 0 aliphatic carbocycles. The molecule has 3 aromatic rings. The number of rotatable bonds is 5. The van der Waals surface area contributed by atoms with Crippen molar-refractivity contribution in [1.82, 2.24) is 14.8 Å². The summed E-state index contributed by atoms with van der Waals surface area (Å²) < 4.78 is 51.1. The van der Waals surface area contributed by atoms with E-state index in [4.69, 9.17) is 10.2 Å². The van der Waals surface area contributed by atoms with Gasteiger partial charge in [-0.15, -0.1) is 5.10 Å². The smallest absolute Gasteiger partial charge is 0.375 e. The molecule has 11 heteroatoms. The molecule has 3 rings (SSSR count). The minimum Gasteiger partial charge on any atom is -0.475 e. The molecule has 2 aromatic carbocycles. The van der Waals surface area contributed by atoms with Crippen LogP contribution in [0, 0.1) is 11.6 Å². The lowest BCUT2D eigenvalue weighted by atomic mass is 10.1. The minimum absolute atomic E-state index is 0.0386. The van der Waals surface area contributed by atoms with Gasteiger partial charge in [-0.3, -0.25) is 0 Å². The van der Waals surface area contributed by atoms with Gasteiger partial charge in [-0.05, 0) is 35.9 Å². The number of nitrogens with two attached hydrogens (primary N) is 1. The van der Waals surface area contributed by atoms with Crippen molar-refractivity contribution in [1.29, 1.82) is 0 Å². The van der Waals surface area contributed by atoms with Crippen LogP contribution in [-0.4, -0.2) is 34.3 Å². The number of halogens is 2. The van der Waals surface area contributed by atoms with Crippen LogP contribution in [0.5, 0.6) is 0 Å². The Morgan fingerprint density at radius 1 is 1.15 bits per heavy atom. The summed E-state index contributed by atoms with van der Waals surface area (Å²) in [5.41, 5.74) is 0.378. The Hall–Kier alpha value is -3.18. The standard InChI is InChI=1S/C16H12F2N4O4S/c17-10-3-1-9(2-4-10)7-14-20-15(16(23)24)21-22(14)13-6-5-11(8-12(13)18)27(19,25)26/h1-6,8H,7H2,(H,23,24)(H2,19,25,26). The molecule has 0 aliphatic heterocycles. The predicted octanol–water partition coefficient (Wildman–Crippen LogP) is 1.48. The monoisotopic (exact) mass is 394 g/mol.